The van der Waals surface area contributed by atoms with Crippen LogP contribution in [0.4, 0.5) is 5.69 Å². The molecule has 1 aromatic carbocycles. The Morgan fingerprint density at radius 2 is 2.21 bits per heavy atom. The van der Waals surface area contributed by atoms with Crippen molar-refractivity contribution >= 4 is 23.4 Å². The second kappa shape index (κ2) is 5.21. The number of fused-ring (bicyclic) bond motifs is 1. The summed E-state index contributed by atoms with van der Waals surface area (Å²) in [5, 5.41) is 3.46. The molecule has 102 valence electrons. The molecule has 1 saturated heterocycles. The lowest BCUT2D eigenvalue weighted by Crippen LogP contribution is -2.30. The van der Waals surface area contributed by atoms with Gasteiger partial charge in [-0.3, -0.25) is 4.79 Å². The zero-order valence-electron chi connectivity index (χ0n) is 10.5. The molecule has 3 N–H and O–H groups in total. The third-order valence-electron chi connectivity index (χ3n) is 3.30. The predicted octanol–water partition coefficient (Wildman–Crippen LogP) is 1.62. The molecule has 2 aliphatic rings. The quantitative estimate of drug-likeness (QED) is 0.823. The third-order valence-corrected chi connectivity index (χ3v) is 4.70. The fourth-order valence-corrected chi connectivity index (χ4v) is 3.46. The van der Waals surface area contributed by atoms with Gasteiger partial charge in [0.05, 0.1) is 5.56 Å². The summed E-state index contributed by atoms with van der Waals surface area (Å²) in [5.74, 6) is 2.21. The van der Waals surface area contributed by atoms with E-state index in [1.807, 2.05) is 11.8 Å². The zero-order chi connectivity index (χ0) is 13.2. The van der Waals surface area contributed by atoms with Crippen molar-refractivity contribution in [1.82, 2.24) is 5.32 Å². The van der Waals surface area contributed by atoms with E-state index in [4.69, 9.17) is 15.2 Å². The van der Waals surface area contributed by atoms with Crippen LogP contribution in [-0.4, -0.2) is 30.2 Å². The fraction of sp³-hybridized carbons (Fsp3) is 0.462. The van der Waals surface area contributed by atoms with Gasteiger partial charge in [-0.2, -0.15) is 11.8 Å². The highest BCUT2D eigenvalue weighted by atomic mass is 32.2. The number of anilines is 1. The largest absolute Gasteiger partial charge is 0.454 e. The van der Waals surface area contributed by atoms with Gasteiger partial charge in [0.1, 0.15) is 0 Å². The van der Waals surface area contributed by atoms with Crippen molar-refractivity contribution in [3.63, 3.8) is 0 Å². The van der Waals surface area contributed by atoms with Gasteiger partial charge < -0.3 is 20.5 Å². The van der Waals surface area contributed by atoms with E-state index in [9.17, 15) is 4.79 Å². The molecule has 2 aliphatic heterocycles. The number of carbonyl (C=O) groups is 1. The van der Waals surface area contributed by atoms with Crippen molar-refractivity contribution in [2.75, 3.05) is 24.8 Å². The van der Waals surface area contributed by atoms with Gasteiger partial charge in [0.2, 0.25) is 6.79 Å². The number of amides is 1. The highest BCUT2D eigenvalue weighted by Crippen LogP contribution is 2.36. The molecule has 1 amide bonds. The van der Waals surface area contributed by atoms with Gasteiger partial charge in [-0.15, -0.1) is 0 Å². The molecule has 1 aromatic rings. The van der Waals surface area contributed by atoms with Crippen molar-refractivity contribution in [1.29, 1.82) is 0 Å². The van der Waals surface area contributed by atoms with Crippen LogP contribution in [0.1, 0.15) is 23.2 Å². The minimum atomic E-state index is -0.150. The van der Waals surface area contributed by atoms with Crippen LogP contribution in [0, 0.1) is 0 Å². The fourth-order valence-electron chi connectivity index (χ4n) is 2.26. The monoisotopic (exact) mass is 280 g/mol. The number of thioether (sulfide) groups is 1. The van der Waals surface area contributed by atoms with E-state index < -0.39 is 0 Å². The number of nitrogen functional groups attached to an aromatic ring is 1. The van der Waals surface area contributed by atoms with Gasteiger partial charge in [-0.1, -0.05) is 0 Å². The van der Waals surface area contributed by atoms with Crippen molar-refractivity contribution in [2.24, 2.45) is 0 Å². The Kier molecular flexibility index (Phi) is 3.42. The van der Waals surface area contributed by atoms with Crippen molar-refractivity contribution in [3.8, 4) is 11.5 Å². The number of nitrogens with one attached hydrogen (secondary N) is 1. The van der Waals surface area contributed by atoms with E-state index in [0.717, 1.165) is 0 Å². The van der Waals surface area contributed by atoms with Crippen LogP contribution in [0.5, 0.6) is 11.5 Å². The summed E-state index contributed by atoms with van der Waals surface area (Å²) < 4.78 is 10.5. The molecule has 0 aromatic heterocycles. The molecule has 6 heteroatoms. The van der Waals surface area contributed by atoms with Gasteiger partial charge in [0.25, 0.3) is 5.91 Å². The first-order valence-electron chi connectivity index (χ1n) is 6.33. The van der Waals surface area contributed by atoms with Crippen LogP contribution in [0.2, 0.25) is 0 Å². The topological polar surface area (TPSA) is 73.6 Å². The second-order valence-electron chi connectivity index (χ2n) is 4.64. The summed E-state index contributed by atoms with van der Waals surface area (Å²) in [6, 6.07) is 3.29. The number of nitrogens with two attached hydrogens (primary N) is 1. The van der Waals surface area contributed by atoms with E-state index in [1.54, 1.807) is 12.1 Å². The zero-order valence-corrected chi connectivity index (χ0v) is 11.3. The molecule has 1 fully saturated rings. The summed E-state index contributed by atoms with van der Waals surface area (Å²) in [5.41, 5.74) is 6.75. The molecule has 0 bridgehead atoms. The summed E-state index contributed by atoms with van der Waals surface area (Å²) >= 11 is 1.91. The predicted molar refractivity (Wildman–Crippen MR) is 74.8 cm³/mol. The highest BCUT2D eigenvalue weighted by molar-refractivity contribution is 8.00. The van der Waals surface area contributed by atoms with E-state index in [-0.39, 0.29) is 12.7 Å². The molecule has 5 nitrogen and oxygen atoms in total. The van der Waals surface area contributed by atoms with Crippen LogP contribution in [0.25, 0.3) is 0 Å². The number of hydrogen-bond acceptors (Lipinski definition) is 5. The summed E-state index contributed by atoms with van der Waals surface area (Å²) in [4.78, 5) is 12.1. The van der Waals surface area contributed by atoms with Crippen LogP contribution < -0.4 is 20.5 Å². The van der Waals surface area contributed by atoms with Gasteiger partial charge in [0, 0.05) is 23.5 Å². The first-order valence-corrected chi connectivity index (χ1v) is 7.38. The molecular weight excluding hydrogens is 264 g/mol. The Balaban J connectivity index is 1.69. The molecule has 2 heterocycles. The summed E-state index contributed by atoms with van der Waals surface area (Å²) in [6.45, 7) is 0.871. The lowest BCUT2D eigenvalue weighted by molar-refractivity contribution is 0.0954. The van der Waals surface area contributed by atoms with Crippen LogP contribution >= 0.6 is 11.8 Å². The van der Waals surface area contributed by atoms with Gasteiger partial charge >= 0.3 is 0 Å². The lowest BCUT2D eigenvalue weighted by atomic mass is 10.1. The smallest absolute Gasteiger partial charge is 0.253 e. The van der Waals surface area contributed by atoms with Crippen molar-refractivity contribution in [3.05, 3.63) is 17.7 Å². The molecule has 0 radical (unpaired) electrons. The lowest BCUT2D eigenvalue weighted by Gasteiger charge is -2.11. The van der Waals surface area contributed by atoms with Crippen LogP contribution in [-0.2, 0) is 0 Å². The number of carbonyl (C=O) groups excluding carboxylic acids is 1. The molecular formula is C13H16N2O3S. The van der Waals surface area contributed by atoms with E-state index in [2.05, 4.69) is 5.32 Å². The van der Waals surface area contributed by atoms with E-state index >= 15 is 0 Å². The van der Waals surface area contributed by atoms with Gasteiger partial charge in [-0.05, 0) is 24.7 Å². The minimum absolute atomic E-state index is 0.150. The van der Waals surface area contributed by atoms with Crippen LogP contribution in [0.3, 0.4) is 0 Å². The highest BCUT2D eigenvalue weighted by Gasteiger charge is 2.21. The number of ether oxygens (including phenoxy) is 2. The first-order chi connectivity index (χ1) is 9.24. The summed E-state index contributed by atoms with van der Waals surface area (Å²) in [6.07, 6.45) is 2.40. The number of rotatable bonds is 3. The van der Waals surface area contributed by atoms with E-state index in [0.29, 0.717) is 34.5 Å². The van der Waals surface area contributed by atoms with Gasteiger partial charge in [0.15, 0.2) is 11.5 Å². The van der Waals surface area contributed by atoms with Gasteiger partial charge in [-0.25, -0.2) is 0 Å². The maximum Gasteiger partial charge on any atom is 0.253 e. The van der Waals surface area contributed by atoms with Crippen LogP contribution in [0.15, 0.2) is 12.1 Å². The Morgan fingerprint density at radius 1 is 1.42 bits per heavy atom. The maximum atomic E-state index is 12.1. The summed E-state index contributed by atoms with van der Waals surface area (Å²) in [7, 11) is 0. The SMILES string of the molecule is Nc1cc2c(cc1C(=O)NCC1CCCS1)OCO2. The molecule has 0 spiro atoms. The minimum Gasteiger partial charge on any atom is -0.454 e. The Morgan fingerprint density at radius 3 is 2.95 bits per heavy atom. The third kappa shape index (κ3) is 2.58. The first kappa shape index (κ1) is 12.5. The van der Waals surface area contributed by atoms with Crippen molar-refractivity contribution in [2.45, 2.75) is 18.1 Å². The molecule has 19 heavy (non-hydrogen) atoms. The molecule has 1 atom stereocenters. The Labute approximate surface area is 115 Å². The second-order valence-corrected chi connectivity index (χ2v) is 6.05. The van der Waals surface area contributed by atoms with E-state index in [1.165, 1.54) is 18.6 Å². The number of hydrogen-bond donors (Lipinski definition) is 2. The Hall–Kier alpha value is -1.56. The molecule has 0 aliphatic carbocycles. The maximum absolute atomic E-state index is 12.1. The Bertz CT molecular complexity index is 501. The average molecular weight is 280 g/mol. The van der Waals surface area contributed by atoms with Crippen molar-refractivity contribution < 1.29 is 14.3 Å². The molecule has 3 rings (SSSR count). The standard InChI is InChI=1S/C13H16N2O3S/c14-10-5-12-11(17-7-18-12)4-9(10)13(16)15-6-8-2-1-3-19-8/h4-5,8H,1-3,6-7,14H2,(H,15,16). The average Bonchev–Trinajstić information content (AvgIpc) is 3.05. The number of benzene rings is 1. The molecule has 0 saturated carbocycles. The normalized spacial score (nSPS) is 20.5. The molecule has 1 unspecified atom stereocenters.